The predicted octanol–water partition coefficient (Wildman–Crippen LogP) is 5.88. The number of hydrogen-bond acceptors (Lipinski definition) is 8. The van der Waals surface area contributed by atoms with Crippen LogP contribution in [0.15, 0.2) is 72.8 Å². The maximum absolute atomic E-state index is 13.1. The van der Waals surface area contributed by atoms with Crippen molar-refractivity contribution >= 4 is 17.6 Å². The molecular formula is C35H39ClN8O2. The van der Waals surface area contributed by atoms with E-state index in [0.717, 1.165) is 80.1 Å². The fourth-order valence-corrected chi connectivity index (χ4v) is 6.02. The number of aryl methyl sites for hydroxylation is 1. The second kappa shape index (κ2) is 14.8. The number of esters is 1. The number of imidazole rings is 1. The summed E-state index contributed by atoms with van der Waals surface area (Å²) in [5.74, 6) is 1.06. The van der Waals surface area contributed by atoms with Crippen LogP contribution in [0.25, 0.3) is 22.5 Å². The zero-order valence-electron chi connectivity index (χ0n) is 26.3. The molecule has 5 aromatic rings. The lowest BCUT2D eigenvalue weighted by Crippen LogP contribution is -2.43. The molecule has 0 saturated carbocycles. The molecule has 1 fully saturated rings. The minimum Gasteiger partial charge on any atom is -0.456 e. The minimum absolute atomic E-state index is 0.0377. The van der Waals surface area contributed by atoms with Gasteiger partial charge in [-0.2, -0.15) is 5.21 Å². The second-order valence-corrected chi connectivity index (χ2v) is 12.1. The van der Waals surface area contributed by atoms with Crippen molar-refractivity contribution in [2.24, 2.45) is 0 Å². The van der Waals surface area contributed by atoms with E-state index >= 15 is 0 Å². The second-order valence-electron chi connectivity index (χ2n) is 11.8. The summed E-state index contributed by atoms with van der Waals surface area (Å²) in [6.45, 7) is 7.88. The monoisotopic (exact) mass is 638 g/mol. The fourth-order valence-electron chi connectivity index (χ4n) is 5.76. The number of benzene rings is 3. The van der Waals surface area contributed by atoms with E-state index in [0.29, 0.717) is 28.8 Å². The SMILES string of the molecule is CCCCc1nc(Cl)c(COC(=O)c2ccc(CN3CCN(C)CC3)cc2)n1Cc1ccc(-c2ccccc2-c2nn[nH]n2)cc1. The van der Waals surface area contributed by atoms with Crippen LogP contribution in [0, 0.1) is 0 Å². The molecule has 0 atom stereocenters. The number of unbranched alkanes of at least 4 members (excludes halogenated alkanes) is 1. The molecule has 238 valence electrons. The van der Waals surface area contributed by atoms with Gasteiger partial charge in [-0.05, 0) is 53.1 Å². The maximum Gasteiger partial charge on any atom is 0.338 e. The molecule has 0 unspecified atom stereocenters. The van der Waals surface area contributed by atoms with Crippen LogP contribution >= 0.6 is 11.6 Å². The zero-order chi connectivity index (χ0) is 31.9. The molecule has 3 aromatic carbocycles. The molecule has 0 radical (unpaired) electrons. The van der Waals surface area contributed by atoms with Crippen LogP contribution in [0.4, 0.5) is 0 Å². The Morgan fingerprint density at radius 2 is 1.61 bits per heavy atom. The van der Waals surface area contributed by atoms with Gasteiger partial charge in [-0.3, -0.25) is 4.90 Å². The van der Waals surface area contributed by atoms with E-state index in [1.54, 1.807) is 0 Å². The highest BCUT2D eigenvalue weighted by molar-refractivity contribution is 6.30. The van der Waals surface area contributed by atoms with Gasteiger partial charge in [0.1, 0.15) is 12.4 Å². The standard InChI is InChI=1S/C35H39ClN8O2/c1-3-4-9-32-37-33(36)31(24-46-35(45)28-16-12-25(13-17-28)22-43-20-18-42(2)19-21-43)44(32)23-26-10-14-27(15-11-26)29-7-5-6-8-30(29)34-38-40-41-39-34/h5-8,10-17H,3-4,9,18-24H2,1-2H3,(H,38,39,40,41). The van der Waals surface area contributed by atoms with Gasteiger partial charge in [-0.15, -0.1) is 10.2 Å². The van der Waals surface area contributed by atoms with Crippen LogP contribution < -0.4 is 0 Å². The summed E-state index contributed by atoms with van der Waals surface area (Å²) in [7, 11) is 2.16. The topological polar surface area (TPSA) is 105 Å². The number of H-pyrrole nitrogens is 1. The van der Waals surface area contributed by atoms with E-state index in [4.69, 9.17) is 16.3 Å². The van der Waals surface area contributed by atoms with Crippen molar-refractivity contribution in [3.8, 4) is 22.5 Å². The highest BCUT2D eigenvalue weighted by Crippen LogP contribution is 2.30. The van der Waals surface area contributed by atoms with Gasteiger partial charge in [0.25, 0.3) is 0 Å². The van der Waals surface area contributed by atoms with Gasteiger partial charge in [-0.1, -0.05) is 85.6 Å². The normalized spacial score (nSPS) is 14.1. The van der Waals surface area contributed by atoms with Gasteiger partial charge in [0.15, 0.2) is 5.15 Å². The van der Waals surface area contributed by atoms with E-state index in [9.17, 15) is 4.79 Å². The molecule has 1 saturated heterocycles. The van der Waals surface area contributed by atoms with Crippen molar-refractivity contribution in [2.45, 2.75) is 45.9 Å². The molecule has 0 spiro atoms. The summed E-state index contributed by atoms with van der Waals surface area (Å²) in [5.41, 5.74) is 6.45. The molecule has 46 heavy (non-hydrogen) atoms. The number of carbonyl (C=O) groups excluding carboxylic acids is 1. The number of nitrogens with zero attached hydrogens (tertiary/aromatic N) is 7. The molecule has 0 bridgehead atoms. The van der Waals surface area contributed by atoms with Crippen molar-refractivity contribution in [2.75, 3.05) is 33.2 Å². The Kier molecular flexibility index (Phi) is 10.2. The average Bonchev–Trinajstić information content (AvgIpc) is 3.72. The quantitative estimate of drug-likeness (QED) is 0.169. The van der Waals surface area contributed by atoms with Gasteiger partial charge < -0.3 is 14.2 Å². The van der Waals surface area contributed by atoms with Crippen LogP contribution in [0.3, 0.4) is 0 Å². The van der Waals surface area contributed by atoms with Crippen LogP contribution in [-0.2, 0) is 30.9 Å². The molecule has 1 aliphatic rings. The van der Waals surface area contributed by atoms with Crippen LogP contribution in [0.5, 0.6) is 0 Å². The largest absolute Gasteiger partial charge is 0.456 e. The van der Waals surface area contributed by atoms with E-state index in [1.165, 1.54) is 5.56 Å². The third-order valence-electron chi connectivity index (χ3n) is 8.51. The number of tetrazole rings is 1. The Bertz CT molecular complexity index is 1730. The van der Waals surface area contributed by atoms with Gasteiger partial charge in [-0.25, -0.2) is 9.78 Å². The first-order valence-corrected chi connectivity index (χ1v) is 16.2. The summed E-state index contributed by atoms with van der Waals surface area (Å²) in [6.07, 6.45) is 2.81. The van der Waals surface area contributed by atoms with Crippen molar-refractivity contribution in [3.63, 3.8) is 0 Å². The van der Waals surface area contributed by atoms with E-state index in [2.05, 4.69) is 78.2 Å². The summed E-state index contributed by atoms with van der Waals surface area (Å²) in [5, 5.41) is 14.9. The Morgan fingerprint density at radius 3 is 2.30 bits per heavy atom. The molecule has 0 aliphatic carbocycles. The van der Waals surface area contributed by atoms with Crippen molar-refractivity contribution < 1.29 is 9.53 Å². The summed E-state index contributed by atoms with van der Waals surface area (Å²) in [4.78, 5) is 22.5. The molecule has 1 aliphatic heterocycles. The zero-order valence-corrected chi connectivity index (χ0v) is 27.1. The number of piperazine rings is 1. The smallest absolute Gasteiger partial charge is 0.338 e. The van der Waals surface area contributed by atoms with Gasteiger partial charge >= 0.3 is 5.97 Å². The van der Waals surface area contributed by atoms with Crippen molar-refractivity contribution in [1.82, 2.24) is 40.0 Å². The number of likely N-dealkylation sites (N-methyl/N-ethyl adjacent to an activating group) is 1. The van der Waals surface area contributed by atoms with Crippen LogP contribution in [0.2, 0.25) is 5.15 Å². The van der Waals surface area contributed by atoms with Crippen LogP contribution in [-0.4, -0.2) is 79.2 Å². The summed E-state index contributed by atoms with van der Waals surface area (Å²) in [6, 6.07) is 24.1. The summed E-state index contributed by atoms with van der Waals surface area (Å²) >= 11 is 6.67. The molecule has 1 N–H and O–H groups in total. The number of aromatic nitrogens is 6. The number of aromatic amines is 1. The lowest BCUT2D eigenvalue weighted by atomic mass is 9.98. The lowest BCUT2D eigenvalue weighted by Gasteiger charge is -2.32. The van der Waals surface area contributed by atoms with Gasteiger partial charge in [0, 0.05) is 51.3 Å². The first kappa shape index (κ1) is 31.6. The van der Waals surface area contributed by atoms with E-state index in [1.807, 2.05) is 48.5 Å². The Hall–Kier alpha value is -4.38. The van der Waals surface area contributed by atoms with E-state index < -0.39 is 0 Å². The average molecular weight is 639 g/mol. The highest BCUT2D eigenvalue weighted by Gasteiger charge is 2.19. The number of carbonyl (C=O) groups is 1. The summed E-state index contributed by atoms with van der Waals surface area (Å²) < 4.78 is 7.89. The molecule has 6 rings (SSSR count). The maximum atomic E-state index is 13.1. The van der Waals surface area contributed by atoms with Crippen molar-refractivity contribution in [1.29, 1.82) is 0 Å². The molecule has 11 heteroatoms. The minimum atomic E-state index is -0.380. The molecular weight excluding hydrogens is 600 g/mol. The number of hydrogen-bond donors (Lipinski definition) is 1. The third kappa shape index (κ3) is 7.52. The third-order valence-corrected chi connectivity index (χ3v) is 8.81. The lowest BCUT2D eigenvalue weighted by molar-refractivity contribution is 0.0464. The number of rotatable bonds is 12. The first-order chi connectivity index (χ1) is 22.5. The molecule has 2 aromatic heterocycles. The van der Waals surface area contributed by atoms with Gasteiger partial charge in [0.2, 0.25) is 5.82 Å². The van der Waals surface area contributed by atoms with Crippen molar-refractivity contribution in [3.05, 3.63) is 106 Å². The Labute approximate surface area is 274 Å². The molecule has 0 amide bonds. The molecule has 3 heterocycles. The number of nitrogens with one attached hydrogen (secondary N) is 1. The van der Waals surface area contributed by atoms with Crippen LogP contribution in [0.1, 0.15) is 52.8 Å². The fraction of sp³-hybridized carbons (Fsp3) is 0.343. The Balaban J connectivity index is 1.15. The number of ether oxygens (including phenoxy) is 1. The predicted molar refractivity (Wildman–Crippen MR) is 178 cm³/mol. The first-order valence-electron chi connectivity index (χ1n) is 15.8. The highest BCUT2D eigenvalue weighted by atomic mass is 35.5. The Morgan fingerprint density at radius 1 is 0.913 bits per heavy atom. The van der Waals surface area contributed by atoms with Gasteiger partial charge in [0.05, 0.1) is 11.3 Å². The number of halogens is 1. The van der Waals surface area contributed by atoms with E-state index in [-0.39, 0.29) is 12.6 Å². The molecule has 10 nitrogen and oxygen atoms in total.